The van der Waals surface area contributed by atoms with Crippen LogP contribution < -0.4 is 5.73 Å². The van der Waals surface area contributed by atoms with Crippen LogP contribution in [0, 0.1) is 5.92 Å². The minimum absolute atomic E-state index is 0.166. The molecule has 1 atom stereocenters. The zero-order valence-corrected chi connectivity index (χ0v) is 6.91. The van der Waals surface area contributed by atoms with E-state index in [4.69, 9.17) is 10.8 Å². The van der Waals surface area contributed by atoms with Gasteiger partial charge in [0.05, 0.1) is 6.61 Å². The maximum absolute atomic E-state index is 10.2. The summed E-state index contributed by atoms with van der Waals surface area (Å²) >= 11 is 0. The molecule has 0 fully saturated rings. The van der Waals surface area contributed by atoms with Gasteiger partial charge >= 0.3 is 6.09 Å². The second-order valence-electron chi connectivity index (χ2n) is 2.87. The van der Waals surface area contributed by atoms with E-state index in [0.717, 1.165) is 0 Å². The van der Waals surface area contributed by atoms with Crippen LogP contribution in [0.25, 0.3) is 0 Å². The van der Waals surface area contributed by atoms with Crippen LogP contribution in [-0.2, 0) is 4.74 Å². The minimum atomic E-state index is -0.829. The molecule has 0 radical (unpaired) electrons. The lowest BCUT2D eigenvalue weighted by atomic mass is 10.1. The summed E-state index contributed by atoms with van der Waals surface area (Å²) in [5.41, 5.74) is 4.77. The van der Waals surface area contributed by atoms with Gasteiger partial charge in [-0.2, -0.15) is 0 Å². The summed E-state index contributed by atoms with van der Waals surface area (Å²) in [5, 5.41) is 8.69. The van der Waals surface area contributed by atoms with Gasteiger partial charge in [0.15, 0.2) is 0 Å². The topological polar surface area (TPSA) is 72.6 Å². The number of nitrogens with two attached hydrogens (primary N) is 1. The summed E-state index contributed by atoms with van der Waals surface area (Å²) in [6, 6.07) is 0. The molecule has 4 nitrogen and oxygen atoms in total. The van der Waals surface area contributed by atoms with E-state index in [1.165, 1.54) is 0 Å². The van der Waals surface area contributed by atoms with E-state index in [-0.39, 0.29) is 6.61 Å². The number of carbonyl (C=O) groups is 1. The normalized spacial score (nSPS) is 13.1. The summed E-state index contributed by atoms with van der Waals surface area (Å²) in [5.74, 6) is 0.381. The first-order valence-corrected chi connectivity index (χ1v) is 3.63. The van der Waals surface area contributed by atoms with Crippen LogP contribution in [0.3, 0.4) is 0 Å². The Morgan fingerprint density at radius 1 is 1.64 bits per heavy atom. The van der Waals surface area contributed by atoms with Gasteiger partial charge < -0.3 is 15.6 Å². The molecule has 0 aromatic rings. The number of amides is 1. The van der Waals surface area contributed by atoms with Gasteiger partial charge in [-0.15, -0.1) is 0 Å². The SMILES string of the molecule is CC(C)C[C@H](CO)OC(N)=O. The van der Waals surface area contributed by atoms with Gasteiger partial charge in [0, 0.05) is 0 Å². The van der Waals surface area contributed by atoms with E-state index in [2.05, 4.69) is 4.74 Å². The highest BCUT2D eigenvalue weighted by Crippen LogP contribution is 2.07. The molecule has 11 heavy (non-hydrogen) atoms. The Labute approximate surface area is 66.3 Å². The molecule has 3 N–H and O–H groups in total. The van der Waals surface area contributed by atoms with Crippen LogP contribution in [0.15, 0.2) is 0 Å². The molecule has 0 aliphatic carbocycles. The number of primary amides is 1. The van der Waals surface area contributed by atoms with E-state index in [9.17, 15) is 4.79 Å². The Morgan fingerprint density at radius 2 is 2.18 bits per heavy atom. The van der Waals surface area contributed by atoms with Gasteiger partial charge in [-0.05, 0) is 12.3 Å². The number of hydrogen-bond acceptors (Lipinski definition) is 3. The molecule has 0 aromatic carbocycles. The van der Waals surface area contributed by atoms with Crippen molar-refractivity contribution < 1.29 is 14.6 Å². The predicted octanol–water partition coefficient (Wildman–Crippen LogP) is 0.489. The summed E-state index contributed by atoms with van der Waals surface area (Å²) in [7, 11) is 0. The van der Waals surface area contributed by atoms with Crippen molar-refractivity contribution in [3.63, 3.8) is 0 Å². The fraction of sp³-hybridized carbons (Fsp3) is 0.857. The lowest BCUT2D eigenvalue weighted by Gasteiger charge is -2.15. The number of hydrogen-bond donors (Lipinski definition) is 2. The first kappa shape index (κ1) is 10.2. The van der Waals surface area contributed by atoms with Crippen LogP contribution in [0.5, 0.6) is 0 Å². The fourth-order valence-electron chi connectivity index (χ4n) is 0.850. The Bertz CT molecular complexity index is 125. The summed E-state index contributed by atoms with van der Waals surface area (Å²) < 4.78 is 4.60. The average molecular weight is 161 g/mol. The summed E-state index contributed by atoms with van der Waals surface area (Å²) in [6.07, 6.45) is -0.642. The van der Waals surface area contributed by atoms with Gasteiger partial charge in [0.1, 0.15) is 6.10 Å². The Kier molecular flexibility index (Phi) is 4.61. The van der Waals surface area contributed by atoms with E-state index >= 15 is 0 Å². The van der Waals surface area contributed by atoms with E-state index in [1.54, 1.807) is 0 Å². The second-order valence-corrected chi connectivity index (χ2v) is 2.87. The molecule has 0 rings (SSSR count). The molecule has 66 valence electrons. The Balaban J connectivity index is 3.66. The fourth-order valence-corrected chi connectivity index (χ4v) is 0.850. The van der Waals surface area contributed by atoms with Gasteiger partial charge in [-0.25, -0.2) is 4.79 Å². The lowest BCUT2D eigenvalue weighted by molar-refractivity contribution is 0.0514. The Morgan fingerprint density at radius 3 is 2.45 bits per heavy atom. The zero-order valence-electron chi connectivity index (χ0n) is 6.91. The van der Waals surface area contributed by atoms with E-state index in [0.29, 0.717) is 12.3 Å². The molecule has 0 aliphatic heterocycles. The molecular weight excluding hydrogens is 146 g/mol. The van der Waals surface area contributed by atoms with Crippen molar-refractivity contribution in [2.45, 2.75) is 26.4 Å². The zero-order chi connectivity index (χ0) is 8.85. The minimum Gasteiger partial charge on any atom is -0.444 e. The summed E-state index contributed by atoms with van der Waals surface area (Å²) in [4.78, 5) is 10.2. The van der Waals surface area contributed by atoms with Gasteiger partial charge in [-0.1, -0.05) is 13.8 Å². The molecule has 0 unspecified atom stereocenters. The number of rotatable bonds is 4. The van der Waals surface area contributed by atoms with Gasteiger partial charge in [0.25, 0.3) is 0 Å². The van der Waals surface area contributed by atoms with Crippen molar-refractivity contribution >= 4 is 6.09 Å². The van der Waals surface area contributed by atoms with Crippen molar-refractivity contribution in [2.75, 3.05) is 6.61 Å². The van der Waals surface area contributed by atoms with E-state index < -0.39 is 12.2 Å². The van der Waals surface area contributed by atoms with E-state index in [1.807, 2.05) is 13.8 Å². The molecule has 4 heteroatoms. The molecule has 0 aromatic heterocycles. The second kappa shape index (κ2) is 4.96. The number of ether oxygens (including phenoxy) is 1. The molecular formula is C7H15NO3. The first-order chi connectivity index (χ1) is 5.06. The lowest BCUT2D eigenvalue weighted by Crippen LogP contribution is -2.26. The van der Waals surface area contributed by atoms with Crippen LogP contribution in [-0.4, -0.2) is 23.9 Å². The Hall–Kier alpha value is -0.770. The first-order valence-electron chi connectivity index (χ1n) is 3.63. The third kappa shape index (κ3) is 5.66. The molecule has 0 aliphatic rings. The molecule has 0 saturated heterocycles. The highest BCUT2D eigenvalue weighted by molar-refractivity contribution is 5.64. The monoisotopic (exact) mass is 161 g/mol. The molecule has 0 spiro atoms. The van der Waals surface area contributed by atoms with Crippen molar-refractivity contribution in [1.82, 2.24) is 0 Å². The van der Waals surface area contributed by atoms with Crippen molar-refractivity contribution in [2.24, 2.45) is 11.7 Å². The van der Waals surface area contributed by atoms with Gasteiger partial charge in [-0.3, -0.25) is 0 Å². The van der Waals surface area contributed by atoms with Crippen molar-refractivity contribution in [1.29, 1.82) is 0 Å². The van der Waals surface area contributed by atoms with Crippen LogP contribution in [0.4, 0.5) is 4.79 Å². The van der Waals surface area contributed by atoms with Crippen LogP contribution in [0.1, 0.15) is 20.3 Å². The largest absolute Gasteiger partial charge is 0.444 e. The molecule has 0 saturated carbocycles. The standard InChI is InChI=1S/C7H15NO3/c1-5(2)3-6(4-9)11-7(8)10/h5-6,9H,3-4H2,1-2H3,(H2,8,10)/t6-/m1/s1. The number of aliphatic hydroxyl groups is 1. The van der Waals surface area contributed by atoms with Gasteiger partial charge in [0.2, 0.25) is 0 Å². The quantitative estimate of drug-likeness (QED) is 0.630. The summed E-state index contributed by atoms with van der Waals surface area (Å²) in [6.45, 7) is 3.79. The van der Waals surface area contributed by atoms with Crippen molar-refractivity contribution in [3.05, 3.63) is 0 Å². The predicted molar refractivity (Wildman–Crippen MR) is 41.0 cm³/mol. The maximum atomic E-state index is 10.2. The average Bonchev–Trinajstić information content (AvgIpc) is 1.84. The molecule has 0 heterocycles. The third-order valence-corrected chi connectivity index (χ3v) is 1.22. The number of carbonyl (C=O) groups excluding carboxylic acids is 1. The smallest absolute Gasteiger partial charge is 0.404 e. The van der Waals surface area contributed by atoms with Crippen molar-refractivity contribution in [3.8, 4) is 0 Å². The van der Waals surface area contributed by atoms with Crippen LogP contribution >= 0.6 is 0 Å². The molecule has 0 bridgehead atoms. The highest BCUT2D eigenvalue weighted by Gasteiger charge is 2.12. The number of aliphatic hydroxyl groups excluding tert-OH is 1. The third-order valence-electron chi connectivity index (χ3n) is 1.22. The molecule has 1 amide bonds. The maximum Gasteiger partial charge on any atom is 0.404 e. The van der Waals surface area contributed by atoms with Crippen LogP contribution in [0.2, 0.25) is 0 Å². The highest BCUT2D eigenvalue weighted by atomic mass is 16.6.